The first-order chi connectivity index (χ1) is 13.8. The summed E-state index contributed by atoms with van der Waals surface area (Å²) >= 11 is 1.37. The molecule has 9 heteroatoms. The van der Waals surface area contributed by atoms with Gasteiger partial charge in [-0.25, -0.2) is 4.68 Å². The van der Waals surface area contributed by atoms with Crippen LogP contribution < -0.4 is 16.4 Å². The van der Waals surface area contributed by atoms with Crippen molar-refractivity contribution in [3.63, 3.8) is 0 Å². The Balaban J connectivity index is 1.76. The number of nitrogens with zero attached hydrogens (tertiary/aromatic N) is 2. The molecule has 0 saturated heterocycles. The minimum atomic E-state index is -0.864. The Morgan fingerprint density at radius 1 is 1.28 bits per heavy atom. The molecular formula is C20H17FN4O3S. The predicted molar refractivity (Wildman–Crippen MR) is 111 cm³/mol. The van der Waals surface area contributed by atoms with Gasteiger partial charge in [0, 0.05) is 27.6 Å². The van der Waals surface area contributed by atoms with E-state index in [4.69, 9.17) is 0 Å². The summed E-state index contributed by atoms with van der Waals surface area (Å²) in [5, 5.41) is 8.66. The molecule has 0 aliphatic heterocycles. The monoisotopic (exact) mass is 412 g/mol. The number of carbonyl (C=O) groups is 1. The molecule has 3 aromatic heterocycles. The van der Waals surface area contributed by atoms with Crippen LogP contribution in [-0.4, -0.2) is 20.7 Å². The highest BCUT2D eigenvalue weighted by Crippen LogP contribution is 2.35. The molecule has 148 valence electrons. The van der Waals surface area contributed by atoms with Crippen LogP contribution in [0.5, 0.6) is 0 Å². The number of aromatic amines is 1. The summed E-state index contributed by atoms with van der Waals surface area (Å²) in [5.74, 6) is -1.41. The molecule has 2 N–H and O–H groups in total. The van der Waals surface area contributed by atoms with Crippen LogP contribution in [0, 0.1) is 5.95 Å². The molecule has 7 nitrogen and oxygen atoms in total. The number of thiophene rings is 1. The average molecular weight is 412 g/mol. The average Bonchev–Trinajstić information content (AvgIpc) is 3.03. The number of hydrogen-bond donors (Lipinski definition) is 2. The van der Waals surface area contributed by atoms with Crippen molar-refractivity contribution in [1.29, 1.82) is 0 Å². The van der Waals surface area contributed by atoms with Gasteiger partial charge in [-0.1, -0.05) is 32.0 Å². The Bertz CT molecular complexity index is 1370. The van der Waals surface area contributed by atoms with Crippen LogP contribution in [0.3, 0.4) is 0 Å². The van der Waals surface area contributed by atoms with Crippen LogP contribution in [0.2, 0.25) is 0 Å². The summed E-state index contributed by atoms with van der Waals surface area (Å²) in [6.45, 7) is 3.60. The highest BCUT2D eigenvalue weighted by molar-refractivity contribution is 7.25. The molecule has 0 unspecified atom stereocenters. The van der Waals surface area contributed by atoms with Gasteiger partial charge >= 0.3 is 0 Å². The van der Waals surface area contributed by atoms with Crippen LogP contribution in [0.25, 0.3) is 20.2 Å². The first-order valence-corrected chi connectivity index (χ1v) is 9.77. The number of rotatable bonds is 4. The third kappa shape index (κ3) is 3.56. The van der Waals surface area contributed by atoms with E-state index in [9.17, 15) is 18.8 Å². The molecule has 29 heavy (non-hydrogen) atoms. The maximum absolute atomic E-state index is 13.3. The largest absolute Gasteiger partial charge is 0.324 e. The van der Waals surface area contributed by atoms with Crippen molar-refractivity contribution < 1.29 is 9.18 Å². The number of pyridine rings is 1. The van der Waals surface area contributed by atoms with Gasteiger partial charge in [-0.15, -0.1) is 11.3 Å². The van der Waals surface area contributed by atoms with Gasteiger partial charge in [0.15, 0.2) is 5.95 Å². The normalized spacial score (nSPS) is 11.4. The molecule has 0 aliphatic carbocycles. The lowest BCUT2D eigenvalue weighted by molar-refractivity contribution is -0.117. The van der Waals surface area contributed by atoms with E-state index < -0.39 is 17.4 Å². The third-order valence-corrected chi connectivity index (χ3v) is 5.60. The standard InChI is InChI=1S/C20H17FN4O3S/c1-10(2)18-17-12-5-3-4-6-13(12)29-19(17)20(28)25(24-18)9-16(27)22-11-7-14(21)23-15(26)8-11/h3-8,10H,9H2,1-2H3,(H2,22,23,26,27). The summed E-state index contributed by atoms with van der Waals surface area (Å²) < 4.78 is 15.9. The van der Waals surface area contributed by atoms with Gasteiger partial charge in [0.1, 0.15) is 11.2 Å². The van der Waals surface area contributed by atoms with Gasteiger partial charge in [0.05, 0.1) is 11.4 Å². The molecule has 1 amide bonds. The van der Waals surface area contributed by atoms with Crippen molar-refractivity contribution in [2.45, 2.75) is 26.3 Å². The van der Waals surface area contributed by atoms with Gasteiger partial charge < -0.3 is 5.32 Å². The number of anilines is 1. The van der Waals surface area contributed by atoms with E-state index in [0.717, 1.165) is 38.0 Å². The molecule has 0 saturated carbocycles. The van der Waals surface area contributed by atoms with Crippen molar-refractivity contribution in [2.24, 2.45) is 0 Å². The second kappa shape index (κ2) is 7.25. The summed E-state index contributed by atoms with van der Waals surface area (Å²) in [5.41, 5.74) is -0.300. The SMILES string of the molecule is CC(C)c1nn(CC(=O)Nc2cc(F)[nH]c(=O)c2)c(=O)c2sc3ccccc3c12. The lowest BCUT2D eigenvalue weighted by atomic mass is 10.0. The lowest BCUT2D eigenvalue weighted by Crippen LogP contribution is -2.30. The number of amides is 1. The zero-order valence-corrected chi connectivity index (χ0v) is 16.5. The molecule has 0 atom stereocenters. The van der Waals surface area contributed by atoms with Crippen molar-refractivity contribution in [3.8, 4) is 0 Å². The number of fused-ring (bicyclic) bond motifs is 3. The van der Waals surface area contributed by atoms with E-state index in [1.165, 1.54) is 11.3 Å². The topological polar surface area (TPSA) is 96.8 Å². The molecule has 0 fully saturated rings. The number of hydrogen-bond acceptors (Lipinski definition) is 5. The van der Waals surface area contributed by atoms with Gasteiger partial charge in [0.2, 0.25) is 5.91 Å². The van der Waals surface area contributed by atoms with Gasteiger partial charge in [-0.05, 0) is 12.0 Å². The van der Waals surface area contributed by atoms with E-state index in [2.05, 4.69) is 10.4 Å². The Labute approximate surface area is 167 Å². The fraction of sp³-hybridized carbons (Fsp3) is 0.200. The smallest absolute Gasteiger partial charge is 0.285 e. The van der Waals surface area contributed by atoms with Crippen molar-refractivity contribution in [2.75, 3.05) is 5.32 Å². The van der Waals surface area contributed by atoms with Gasteiger partial charge in [0.25, 0.3) is 11.1 Å². The molecule has 0 bridgehead atoms. The number of benzene rings is 1. The Hall–Kier alpha value is -3.33. The lowest BCUT2D eigenvalue weighted by Gasteiger charge is -2.12. The summed E-state index contributed by atoms with van der Waals surface area (Å²) in [6, 6.07) is 9.78. The fourth-order valence-electron chi connectivity index (χ4n) is 3.22. The fourth-order valence-corrected chi connectivity index (χ4v) is 4.38. The second-order valence-corrected chi connectivity index (χ2v) is 7.99. The van der Waals surface area contributed by atoms with Gasteiger partial charge in [-0.2, -0.15) is 9.49 Å². The van der Waals surface area contributed by atoms with Crippen LogP contribution >= 0.6 is 11.3 Å². The molecule has 0 radical (unpaired) electrons. The quantitative estimate of drug-likeness (QED) is 0.503. The second-order valence-electron chi connectivity index (χ2n) is 6.93. The molecule has 4 rings (SSSR count). The molecule has 4 aromatic rings. The Kier molecular flexibility index (Phi) is 4.75. The van der Waals surface area contributed by atoms with Crippen molar-refractivity contribution >= 4 is 43.1 Å². The minimum Gasteiger partial charge on any atom is -0.324 e. The number of H-pyrrole nitrogens is 1. The molecule has 0 aliphatic rings. The van der Waals surface area contributed by atoms with E-state index in [-0.39, 0.29) is 23.7 Å². The Morgan fingerprint density at radius 2 is 2.03 bits per heavy atom. The maximum atomic E-state index is 13.3. The number of nitrogens with one attached hydrogen (secondary N) is 2. The summed E-state index contributed by atoms with van der Waals surface area (Å²) in [7, 11) is 0. The van der Waals surface area contributed by atoms with E-state index in [1.54, 1.807) is 0 Å². The Morgan fingerprint density at radius 3 is 2.76 bits per heavy atom. The molecule has 3 heterocycles. The molecule has 1 aromatic carbocycles. The summed E-state index contributed by atoms with van der Waals surface area (Å²) in [6.07, 6.45) is 0. The highest BCUT2D eigenvalue weighted by atomic mass is 32.1. The number of carbonyl (C=O) groups excluding carboxylic acids is 1. The first kappa shape index (κ1) is 19.0. The van der Waals surface area contributed by atoms with Crippen LogP contribution in [0.4, 0.5) is 10.1 Å². The first-order valence-electron chi connectivity index (χ1n) is 8.95. The molecule has 0 spiro atoms. The van der Waals surface area contributed by atoms with Gasteiger partial charge in [-0.3, -0.25) is 19.4 Å². The van der Waals surface area contributed by atoms with E-state index in [0.29, 0.717) is 4.70 Å². The van der Waals surface area contributed by atoms with Crippen LogP contribution in [-0.2, 0) is 11.3 Å². The summed E-state index contributed by atoms with van der Waals surface area (Å²) in [4.78, 5) is 38.7. The highest BCUT2D eigenvalue weighted by Gasteiger charge is 2.19. The van der Waals surface area contributed by atoms with Crippen molar-refractivity contribution in [3.05, 3.63) is 68.7 Å². The number of halogens is 1. The zero-order valence-electron chi connectivity index (χ0n) is 15.7. The predicted octanol–water partition coefficient (Wildman–Crippen LogP) is 3.20. The van der Waals surface area contributed by atoms with Crippen LogP contribution in [0.15, 0.2) is 46.0 Å². The minimum absolute atomic E-state index is 0.0105. The van der Waals surface area contributed by atoms with Crippen LogP contribution in [0.1, 0.15) is 25.5 Å². The zero-order chi connectivity index (χ0) is 20.7. The van der Waals surface area contributed by atoms with E-state index >= 15 is 0 Å². The number of aromatic nitrogens is 3. The third-order valence-electron chi connectivity index (χ3n) is 4.44. The van der Waals surface area contributed by atoms with Crippen molar-refractivity contribution in [1.82, 2.24) is 14.8 Å². The molecular weight excluding hydrogens is 395 g/mol. The maximum Gasteiger partial charge on any atom is 0.285 e. The van der Waals surface area contributed by atoms with E-state index in [1.807, 2.05) is 43.1 Å².